The monoisotopic (exact) mass is 350 g/mol. The van der Waals surface area contributed by atoms with Crippen LogP contribution in [0.3, 0.4) is 0 Å². The third kappa shape index (κ3) is 3.22. The summed E-state index contributed by atoms with van der Waals surface area (Å²) in [6.07, 6.45) is 0.812. The Hall–Kier alpha value is -2.12. The van der Waals surface area contributed by atoms with E-state index in [2.05, 4.69) is 10.3 Å². The predicted octanol–water partition coefficient (Wildman–Crippen LogP) is 1.49. The van der Waals surface area contributed by atoms with E-state index in [1.54, 1.807) is 24.1 Å². The fourth-order valence-corrected chi connectivity index (χ4v) is 3.00. The highest BCUT2D eigenvalue weighted by molar-refractivity contribution is 6.31. The number of carbonyl (C=O) groups excluding carboxylic acids is 2. The number of ether oxygens (including phenoxy) is 1. The van der Waals surface area contributed by atoms with Gasteiger partial charge in [0.25, 0.3) is 0 Å². The van der Waals surface area contributed by atoms with Crippen LogP contribution in [0, 0.1) is 0 Å². The minimum absolute atomic E-state index is 0.0698. The number of carbonyl (C=O) groups is 2. The van der Waals surface area contributed by atoms with Gasteiger partial charge in [-0.15, -0.1) is 0 Å². The summed E-state index contributed by atoms with van der Waals surface area (Å²) in [5, 5.41) is 3.24. The van der Waals surface area contributed by atoms with Crippen LogP contribution in [0.1, 0.15) is 12.0 Å². The zero-order valence-electron chi connectivity index (χ0n) is 13.4. The first-order valence-electron chi connectivity index (χ1n) is 7.81. The van der Waals surface area contributed by atoms with Gasteiger partial charge in [0.1, 0.15) is 12.4 Å². The van der Waals surface area contributed by atoms with Crippen molar-refractivity contribution in [3.8, 4) is 0 Å². The smallest absolute Gasteiger partial charge is 0.330 e. The molecule has 24 heavy (non-hydrogen) atoms. The topological polar surface area (TPSA) is 74.2 Å². The first kappa shape index (κ1) is 16.7. The zero-order chi connectivity index (χ0) is 17.1. The molecule has 0 saturated carbocycles. The standard InChI is InChI=1S/C16H19ClN4O3/c1-24-8-6-18-14(22)10-21-13-9-11(17)3-4-12(13)15-19-5-2-7-20(15)16(21)23/h3-4,9H,2,5-8,10H2,1H3,(H,18,22). The number of rotatable bonds is 5. The Bertz CT molecular complexity index is 692. The number of amidine groups is 1. The van der Waals surface area contributed by atoms with Gasteiger partial charge in [0.2, 0.25) is 5.91 Å². The second kappa shape index (κ2) is 7.19. The molecule has 3 rings (SSSR count). The van der Waals surface area contributed by atoms with Gasteiger partial charge in [-0.3, -0.25) is 19.6 Å². The summed E-state index contributed by atoms with van der Waals surface area (Å²) in [6.45, 7) is 2.04. The van der Waals surface area contributed by atoms with Gasteiger partial charge in [-0.2, -0.15) is 0 Å². The Kier molecular flexibility index (Phi) is 5.01. The van der Waals surface area contributed by atoms with Crippen LogP contribution in [0.4, 0.5) is 10.5 Å². The highest BCUT2D eigenvalue weighted by Crippen LogP contribution is 2.32. The molecule has 0 aliphatic carbocycles. The molecule has 1 N–H and O–H groups in total. The summed E-state index contributed by atoms with van der Waals surface area (Å²) >= 11 is 6.10. The molecule has 7 nitrogen and oxygen atoms in total. The van der Waals surface area contributed by atoms with E-state index in [-0.39, 0.29) is 18.5 Å². The van der Waals surface area contributed by atoms with Gasteiger partial charge < -0.3 is 10.1 Å². The summed E-state index contributed by atoms with van der Waals surface area (Å²) in [5.74, 6) is 0.415. The third-order valence-electron chi connectivity index (χ3n) is 3.94. The number of hydrogen-bond acceptors (Lipinski definition) is 4. The van der Waals surface area contributed by atoms with Crippen molar-refractivity contribution in [1.82, 2.24) is 10.2 Å². The minimum atomic E-state index is -0.247. The fraction of sp³-hybridized carbons (Fsp3) is 0.438. The number of halogens is 1. The Balaban J connectivity index is 1.89. The van der Waals surface area contributed by atoms with Crippen molar-refractivity contribution in [2.24, 2.45) is 4.99 Å². The Morgan fingerprint density at radius 1 is 1.46 bits per heavy atom. The molecule has 0 saturated heterocycles. The number of nitrogens with zero attached hydrogens (tertiary/aromatic N) is 3. The van der Waals surface area contributed by atoms with Crippen LogP contribution >= 0.6 is 11.6 Å². The number of benzene rings is 1. The largest absolute Gasteiger partial charge is 0.383 e. The maximum Gasteiger partial charge on any atom is 0.330 e. The number of fused-ring (bicyclic) bond motifs is 3. The van der Waals surface area contributed by atoms with Crippen molar-refractivity contribution >= 4 is 35.1 Å². The van der Waals surface area contributed by atoms with Crippen LogP contribution in [0.5, 0.6) is 0 Å². The molecule has 0 radical (unpaired) electrons. The molecule has 2 aliphatic heterocycles. The molecule has 8 heteroatoms. The van der Waals surface area contributed by atoms with E-state index in [0.29, 0.717) is 42.8 Å². The van der Waals surface area contributed by atoms with Crippen molar-refractivity contribution in [3.05, 3.63) is 28.8 Å². The lowest BCUT2D eigenvalue weighted by Crippen LogP contribution is -2.55. The van der Waals surface area contributed by atoms with Crippen LogP contribution < -0.4 is 10.2 Å². The molecule has 1 aromatic rings. The molecule has 0 fully saturated rings. The molecule has 2 aliphatic rings. The Labute approximate surface area is 145 Å². The van der Waals surface area contributed by atoms with E-state index < -0.39 is 0 Å². The molecular formula is C16H19ClN4O3. The van der Waals surface area contributed by atoms with E-state index in [0.717, 1.165) is 12.0 Å². The first-order chi connectivity index (χ1) is 11.6. The molecule has 0 unspecified atom stereocenters. The lowest BCUT2D eigenvalue weighted by Gasteiger charge is -2.39. The average molecular weight is 351 g/mol. The highest BCUT2D eigenvalue weighted by Gasteiger charge is 2.37. The summed E-state index contributed by atoms with van der Waals surface area (Å²) < 4.78 is 4.91. The Morgan fingerprint density at radius 3 is 3.08 bits per heavy atom. The van der Waals surface area contributed by atoms with E-state index in [1.165, 1.54) is 4.90 Å². The maximum atomic E-state index is 12.8. The maximum absolute atomic E-state index is 12.8. The number of hydrogen-bond donors (Lipinski definition) is 1. The third-order valence-corrected chi connectivity index (χ3v) is 4.18. The van der Waals surface area contributed by atoms with Crippen LogP contribution in [-0.4, -0.2) is 62.6 Å². The lowest BCUT2D eigenvalue weighted by atomic mass is 10.1. The van der Waals surface area contributed by atoms with Crippen molar-refractivity contribution < 1.29 is 14.3 Å². The number of nitrogens with one attached hydrogen (secondary N) is 1. The van der Waals surface area contributed by atoms with E-state index in [1.807, 2.05) is 6.07 Å². The highest BCUT2D eigenvalue weighted by atomic mass is 35.5. The zero-order valence-corrected chi connectivity index (χ0v) is 14.2. The van der Waals surface area contributed by atoms with Gasteiger partial charge >= 0.3 is 6.03 Å². The van der Waals surface area contributed by atoms with Crippen LogP contribution in [-0.2, 0) is 9.53 Å². The molecule has 1 aromatic carbocycles. The van der Waals surface area contributed by atoms with Crippen LogP contribution in [0.25, 0.3) is 0 Å². The number of methoxy groups -OCH3 is 1. The van der Waals surface area contributed by atoms with Crippen molar-refractivity contribution in [3.63, 3.8) is 0 Å². The predicted molar refractivity (Wildman–Crippen MR) is 91.8 cm³/mol. The second-order valence-electron chi connectivity index (χ2n) is 5.58. The van der Waals surface area contributed by atoms with Crippen molar-refractivity contribution in [2.75, 3.05) is 44.8 Å². The van der Waals surface area contributed by atoms with Gasteiger partial charge in [-0.25, -0.2) is 4.79 Å². The minimum Gasteiger partial charge on any atom is -0.383 e. The number of aliphatic imine (C=N–C) groups is 1. The van der Waals surface area contributed by atoms with Gasteiger partial charge in [0.15, 0.2) is 0 Å². The van der Waals surface area contributed by atoms with E-state index in [4.69, 9.17) is 16.3 Å². The molecule has 2 heterocycles. The molecule has 0 aromatic heterocycles. The molecule has 0 bridgehead atoms. The van der Waals surface area contributed by atoms with E-state index >= 15 is 0 Å². The summed E-state index contributed by atoms with van der Waals surface area (Å²) in [7, 11) is 1.57. The van der Waals surface area contributed by atoms with Crippen molar-refractivity contribution in [1.29, 1.82) is 0 Å². The number of urea groups is 1. The second-order valence-corrected chi connectivity index (χ2v) is 6.02. The molecule has 0 atom stereocenters. The normalized spacial score (nSPS) is 16.4. The van der Waals surface area contributed by atoms with Gasteiger partial charge in [-0.1, -0.05) is 11.6 Å². The first-order valence-corrected chi connectivity index (χ1v) is 8.18. The number of anilines is 1. The molecular weight excluding hydrogens is 332 g/mol. The van der Waals surface area contributed by atoms with Crippen molar-refractivity contribution in [2.45, 2.75) is 6.42 Å². The average Bonchev–Trinajstić information content (AvgIpc) is 2.59. The van der Waals surface area contributed by atoms with Gasteiger partial charge in [0, 0.05) is 37.3 Å². The molecule has 0 spiro atoms. The molecule has 128 valence electrons. The summed E-state index contributed by atoms with van der Waals surface area (Å²) in [5.41, 5.74) is 1.44. The van der Waals surface area contributed by atoms with E-state index in [9.17, 15) is 9.59 Å². The summed E-state index contributed by atoms with van der Waals surface area (Å²) in [6, 6.07) is 5.07. The number of amides is 3. The molecule has 3 amide bonds. The Morgan fingerprint density at radius 2 is 2.29 bits per heavy atom. The van der Waals surface area contributed by atoms with Gasteiger partial charge in [0.05, 0.1) is 12.3 Å². The quantitative estimate of drug-likeness (QED) is 0.818. The fourth-order valence-electron chi connectivity index (χ4n) is 2.83. The summed E-state index contributed by atoms with van der Waals surface area (Å²) in [4.78, 5) is 32.5. The lowest BCUT2D eigenvalue weighted by molar-refractivity contribution is -0.119. The SMILES string of the molecule is COCCNC(=O)CN1C(=O)N2CCCN=C2c2ccc(Cl)cc21. The van der Waals surface area contributed by atoms with Crippen LogP contribution in [0.2, 0.25) is 5.02 Å². The van der Waals surface area contributed by atoms with Crippen LogP contribution in [0.15, 0.2) is 23.2 Å². The van der Waals surface area contributed by atoms with Gasteiger partial charge in [-0.05, 0) is 24.6 Å².